The van der Waals surface area contributed by atoms with E-state index in [4.69, 9.17) is 9.52 Å². The molecule has 3 rings (SSSR count). The summed E-state index contributed by atoms with van der Waals surface area (Å²) in [4.78, 5) is 12.2. The molecule has 0 radical (unpaired) electrons. The van der Waals surface area contributed by atoms with Crippen LogP contribution in [0.25, 0.3) is 11.0 Å². The van der Waals surface area contributed by atoms with E-state index in [1.165, 1.54) is 4.88 Å². The Labute approximate surface area is 126 Å². The maximum Gasteiger partial charge on any atom is 0.371 e. The van der Waals surface area contributed by atoms with Crippen LogP contribution in [0.1, 0.15) is 34.0 Å². The van der Waals surface area contributed by atoms with E-state index in [1.807, 2.05) is 24.3 Å². The number of carboxylic acid groups (broad SMARTS) is 1. The molecule has 108 valence electrons. The highest BCUT2D eigenvalue weighted by Gasteiger charge is 2.11. The molecular weight excluding hydrogens is 286 g/mol. The summed E-state index contributed by atoms with van der Waals surface area (Å²) in [7, 11) is 0. The molecule has 0 bridgehead atoms. The molecule has 0 amide bonds. The van der Waals surface area contributed by atoms with Crippen molar-refractivity contribution in [1.82, 2.24) is 5.32 Å². The van der Waals surface area contributed by atoms with Crippen LogP contribution < -0.4 is 5.32 Å². The Morgan fingerprint density at radius 1 is 1.38 bits per heavy atom. The van der Waals surface area contributed by atoms with Crippen molar-refractivity contribution >= 4 is 28.3 Å². The number of rotatable bonds is 5. The molecule has 5 heteroatoms. The minimum atomic E-state index is -1.04. The molecule has 0 saturated heterocycles. The third-order valence-electron chi connectivity index (χ3n) is 3.37. The molecule has 1 aromatic carbocycles. The van der Waals surface area contributed by atoms with E-state index >= 15 is 0 Å². The van der Waals surface area contributed by atoms with E-state index in [2.05, 4.69) is 23.7 Å². The average Bonchev–Trinajstić information content (AvgIpc) is 3.13. The summed E-state index contributed by atoms with van der Waals surface area (Å²) >= 11 is 1.73. The van der Waals surface area contributed by atoms with E-state index in [0.29, 0.717) is 11.6 Å². The number of carboxylic acids is 1. The minimum Gasteiger partial charge on any atom is -0.475 e. The van der Waals surface area contributed by atoms with Crippen LogP contribution in [0, 0.1) is 0 Å². The fourth-order valence-electron chi connectivity index (χ4n) is 2.22. The maximum absolute atomic E-state index is 10.9. The van der Waals surface area contributed by atoms with Gasteiger partial charge in [0.1, 0.15) is 5.58 Å². The minimum absolute atomic E-state index is 0.0259. The SMILES string of the molecule is C[C@H](NCc1ccc2oc(C(=O)O)cc2c1)c1cccs1. The Balaban J connectivity index is 1.73. The molecule has 1 atom stereocenters. The van der Waals surface area contributed by atoms with Crippen molar-refractivity contribution in [2.75, 3.05) is 0 Å². The van der Waals surface area contributed by atoms with E-state index in [0.717, 1.165) is 17.5 Å². The van der Waals surface area contributed by atoms with Gasteiger partial charge in [0.25, 0.3) is 0 Å². The first-order valence-corrected chi connectivity index (χ1v) is 7.54. The number of aromatic carboxylic acids is 1. The molecule has 0 aliphatic carbocycles. The van der Waals surface area contributed by atoms with E-state index in [9.17, 15) is 4.79 Å². The van der Waals surface area contributed by atoms with Gasteiger partial charge in [0.2, 0.25) is 5.76 Å². The van der Waals surface area contributed by atoms with Crippen molar-refractivity contribution in [2.24, 2.45) is 0 Å². The van der Waals surface area contributed by atoms with Gasteiger partial charge < -0.3 is 14.8 Å². The Morgan fingerprint density at radius 2 is 2.24 bits per heavy atom. The van der Waals surface area contributed by atoms with Gasteiger partial charge >= 0.3 is 5.97 Å². The van der Waals surface area contributed by atoms with Gasteiger partial charge in [-0.15, -0.1) is 11.3 Å². The fraction of sp³-hybridized carbons (Fsp3) is 0.188. The smallest absolute Gasteiger partial charge is 0.371 e. The molecule has 0 fully saturated rings. The fourth-order valence-corrected chi connectivity index (χ4v) is 2.98. The average molecular weight is 301 g/mol. The monoisotopic (exact) mass is 301 g/mol. The van der Waals surface area contributed by atoms with Crippen molar-refractivity contribution in [1.29, 1.82) is 0 Å². The number of fused-ring (bicyclic) bond motifs is 1. The molecule has 0 spiro atoms. The quantitative estimate of drug-likeness (QED) is 0.746. The van der Waals surface area contributed by atoms with Crippen LogP contribution in [-0.4, -0.2) is 11.1 Å². The zero-order valence-corrected chi connectivity index (χ0v) is 12.3. The van der Waals surface area contributed by atoms with Gasteiger partial charge in [0.15, 0.2) is 0 Å². The standard InChI is InChI=1S/C16H15NO3S/c1-10(15-3-2-6-21-15)17-9-11-4-5-13-12(7-11)8-14(20-13)16(18)19/h2-8,10,17H,9H2,1H3,(H,18,19)/t10-/m0/s1. The number of furan rings is 1. The highest BCUT2D eigenvalue weighted by Crippen LogP contribution is 2.22. The zero-order chi connectivity index (χ0) is 14.8. The first-order chi connectivity index (χ1) is 10.1. The van der Waals surface area contributed by atoms with Gasteiger partial charge in [-0.05, 0) is 42.1 Å². The molecule has 0 aliphatic rings. The number of hydrogen-bond acceptors (Lipinski definition) is 4. The van der Waals surface area contributed by atoms with Gasteiger partial charge in [-0.2, -0.15) is 0 Å². The van der Waals surface area contributed by atoms with Gasteiger partial charge in [-0.25, -0.2) is 4.79 Å². The molecule has 0 unspecified atom stereocenters. The summed E-state index contributed by atoms with van der Waals surface area (Å²) in [6.07, 6.45) is 0. The molecule has 2 N–H and O–H groups in total. The van der Waals surface area contributed by atoms with Crippen molar-refractivity contribution in [3.05, 3.63) is 58.0 Å². The van der Waals surface area contributed by atoms with E-state index in [1.54, 1.807) is 17.4 Å². The first kappa shape index (κ1) is 13.9. The highest BCUT2D eigenvalue weighted by molar-refractivity contribution is 7.10. The predicted octanol–water partition coefficient (Wildman–Crippen LogP) is 4.04. The van der Waals surface area contributed by atoms with E-state index < -0.39 is 5.97 Å². The summed E-state index contributed by atoms with van der Waals surface area (Å²) in [6, 6.07) is 11.7. The molecule has 4 nitrogen and oxygen atoms in total. The number of thiophene rings is 1. The second-order valence-electron chi connectivity index (χ2n) is 4.91. The van der Waals surface area contributed by atoms with E-state index in [-0.39, 0.29) is 5.76 Å². The molecular formula is C16H15NO3S. The summed E-state index contributed by atoms with van der Waals surface area (Å²) in [5.74, 6) is -1.07. The van der Waals surface area contributed by atoms with Crippen LogP contribution in [0.5, 0.6) is 0 Å². The lowest BCUT2D eigenvalue weighted by Gasteiger charge is -2.12. The molecule has 0 saturated carbocycles. The number of benzene rings is 1. The second kappa shape index (κ2) is 5.71. The van der Waals surface area contributed by atoms with Crippen molar-refractivity contribution in [3.8, 4) is 0 Å². The van der Waals surface area contributed by atoms with Crippen LogP contribution >= 0.6 is 11.3 Å². The predicted molar refractivity (Wildman–Crippen MR) is 82.7 cm³/mol. The van der Waals surface area contributed by atoms with Crippen molar-refractivity contribution < 1.29 is 14.3 Å². The molecule has 2 heterocycles. The van der Waals surface area contributed by atoms with Crippen LogP contribution in [0.4, 0.5) is 0 Å². The summed E-state index contributed by atoms with van der Waals surface area (Å²) in [5, 5.41) is 15.3. The van der Waals surface area contributed by atoms with Crippen LogP contribution in [0.2, 0.25) is 0 Å². The lowest BCUT2D eigenvalue weighted by molar-refractivity contribution is 0.0665. The Kier molecular flexibility index (Phi) is 3.77. The number of nitrogens with one attached hydrogen (secondary N) is 1. The number of hydrogen-bond donors (Lipinski definition) is 2. The molecule has 21 heavy (non-hydrogen) atoms. The van der Waals surface area contributed by atoms with Gasteiger partial charge in [-0.3, -0.25) is 0 Å². The Morgan fingerprint density at radius 3 is 2.95 bits per heavy atom. The van der Waals surface area contributed by atoms with Crippen molar-refractivity contribution in [3.63, 3.8) is 0 Å². The third-order valence-corrected chi connectivity index (χ3v) is 4.43. The van der Waals surface area contributed by atoms with Crippen LogP contribution in [-0.2, 0) is 6.54 Å². The zero-order valence-electron chi connectivity index (χ0n) is 11.5. The maximum atomic E-state index is 10.9. The van der Waals surface area contributed by atoms with Crippen LogP contribution in [0.15, 0.2) is 46.2 Å². The molecule has 2 aromatic heterocycles. The van der Waals surface area contributed by atoms with Crippen LogP contribution in [0.3, 0.4) is 0 Å². The molecule has 3 aromatic rings. The number of carbonyl (C=O) groups is 1. The van der Waals surface area contributed by atoms with Gasteiger partial charge in [0.05, 0.1) is 0 Å². The second-order valence-corrected chi connectivity index (χ2v) is 5.89. The Hall–Kier alpha value is -2.11. The highest BCUT2D eigenvalue weighted by atomic mass is 32.1. The molecule has 0 aliphatic heterocycles. The third kappa shape index (κ3) is 2.99. The first-order valence-electron chi connectivity index (χ1n) is 6.66. The van der Waals surface area contributed by atoms with Gasteiger partial charge in [0, 0.05) is 22.8 Å². The van der Waals surface area contributed by atoms with Gasteiger partial charge in [-0.1, -0.05) is 12.1 Å². The lowest BCUT2D eigenvalue weighted by atomic mass is 10.1. The summed E-state index contributed by atoms with van der Waals surface area (Å²) in [5.41, 5.74) is 1.70. The summed E-state index contributed by atoms with van der Waals surface area (Å²) < 4.78 is 5.25. The Bertz CT molecular complexity index is 761. The summed E-state index contributed by atoms with van der Waals surface area (Å²) in [6.45, 7) is 2.85. The van der Waals surface area contributed by atoms with Crippen molar-refractivity contribution in [2.45, 2.75) is 19.5 Å². The lowest BCUT2D eigenvalue weighted by Crippen LogP contribution is -2.16. The normalized spacial score (nSPS) is 12.6. The largest absolute Gasteiger partial charge is 0.475 e. The topological polar surface area (TPSA) is 62.5 Å².